The number of likely N-dealkylation sites (N-methyl/N-ethyl adjacent to an activating group) is 1. The number of amides is 1. The smallest absolute Gasteiger partial charge is 0.258 e. The van der Waals surface area contributed by atoms with E-state index in [0.717, 1.165) is 29.7 Å². The molecule has 0 bridgehead atoms. The van der Waals surface area contributed by atoms with Gasteiger partial charge in [-0.3, -0.25) is 4.79 Å². The Labute approximate surface area is 90.2 Å². The van der Waals surface area contributed by atoms with Crippen molar-refractivity contribution < 1.29 is 4.79 Å². The van der Waals surface area contributed by atoms with Gasteiger partial charge in [0.1, 0.15) is 0 Å². The molecule has 2 rings (SSSR count). The van der Waals surface area contributed by atoms with E-state index in [1.807, 2.05) is 37.4 Å². The Morgan fingerprint density at radius 1 is 1.33 bits per heavy atom. The summed E-state index contributed by atoms with van der Waals surface area (Å²) in [5.74, 6) is 0.115. The highest BCUT2D eigenvalue weighted by atomic mass is 16.2. The van der Waals surface area contributed by atoms with E-state index in [0.29, 0.717) is 0 Å². The van der Waals surface area contributed by atoms with Gasteiger partial charge in [0.2, 0.25) is 0 Å². The van der Waals surface area contributed by atoms with Crippen LogP contribution in [0.1, 0.15) is 25.3 Å². The third kappa shape index (κ3) is 1.56. The molecule has 15 heavy (non-hydrogen) atoms. The maximum atomic E-state index is 11.9. The van der Waals surface area contributed by atoms with Crippen LogP contribution in [0.15, 0.2) is 30.3 Å². The average molecular weight is 201 g/mol. The normalized spacial score (nSPS) is 17.3. The standard InChI is InChI=1S/C13H15NO/c1-3-4-7-11-10-8-5-6-9-12(10)14(2)13(11)15/h5-9H,3-4H2,1-2H3/b11-7-. The van der Waals surface area contributed by atoms with Gasteiger partial charge in [0, 0.05) is 18.2 Å². The van der Waals surface area contributed by atoms with Crippen LogP contribution in [0.4, 0.5) is 5.69 Å². The van der Waals surface area contributed by atoms with Gasteiger partial charge in [-0.05, 0) is 12.5 Å². The van der Waals surface area contributed by atoms with Crippen LogP contribution in [0.5, 0.6) is 0 Å². The lowest BCUT2D eigenvalue weighted by atomic mass is 10.1. The first-order valence-electron chi connectivity index (χ1n) is 5.33. The molecule has 0 saturated carbocycles. The first-order chi connectivity index (χ1) is 7.25. The molecule has 0 fully saturated rings. The minimum Gasteiger partial charge on any atom is -0.311 e. The Kier molecular flexibility index (Phi) is 2.58. The van der Waals surface area contributed by atoms with E-state index < -0.39 is 0 Å². The second kappa shape index (κ2) is 3.89. The Morgan fingerprint density at radius 3 is 2.80 bits per heavy atom. The van der Waals surface area contributed by atoms with Crippen LogP contribution >= 0.6 is 0 Å². The number of fused-ring (bicyclic) bond motifs is 1. The molecule has 1 aromatic carbocycles. The van der Waals surface area contributed by atoms with Gasteiger partial charge in [-0.1, -0.05) is 37.6 Å². The predicted molar refractivity (Wildman–Crippen MR) is 62.7 cm³/mol. The highest BCUT2D eigenvalue weighted by Gasteiger charge is 2.28. The fraction of sp³-hybridized carbons (Fsp3) is 0.308. The minimum absolute atomic E-state index is 0.115. The van der Waals surface area contributed by atoms with Crippen LogP contribution in [0, 0.1) is 0 Å². The van der Waals surface area contributed by atoms with E-state index >= 15 is 0 Å². The van der Waals surface area contributed by atoms with Crippen molar-refractivity contribution in [3.05, 3.63) is 35.9 Å². The molecule has 1 amide bonds. The van der Waals surface area contributed by atoms with Crippen molar-refractivity contribution in [3.63, 3.8) is 0 Å². The highest BCUT2D eigenvalue weighted by molar-refractivity contribution is 6.32. The third-order valence-corrected chi connectivity index (χ3v) is 2.73. The first kappa shape index (κ1) is 9.97. The lowest BCUT2D eigenvalue weighted by Crippen LogP contribution is -2.20. The monoisotopic (exact) mass is 201 g/mol. The fourth-order valence-corrected chi connectivity index (χ4v) is 1.89. The van der Waals surface area contributed by atoms with Crippen molar-refractivity contribution in [2.24, 2.45) is 0 Å². The molecule has 0 spiro atoms. The minimum atomic E-state index is 0.115. The van der Waals surface area contributed by atoms with E-state index in [1.54, 1.807) is 4.90 Å². The molecule has 1 aliphatic heterocycles. The fourth-order valence-electron chi connectivity index (χ4n) is 1.89. The van der Waals surface area contributed by atoms with Gasteiger partial charge in [0.05, 0.1) is 5.69 Å². The number of hydrogen-bond donors (Lipinski definition) is 0. The number of carbonyl (C=O) groups is 1. The molecular formula is C13H15NO. The van der Waals surface area contributed by atoms with Gasteiger partial charge in [0.15, 0.2) is 0 Å². The summed E-state index contributed by atoms with van der Waals surface area (Å²) in [6.45, 7) is 2.12. The number of rotatable bonds is 2. The van der Waals surface area contributed by atoms with Crippen molar-refractivity contribution in [2.75, 3.05) is 11.9 Å². The van der Waals surface area contributed by atoms with Crippen LogP contribution < -0.4 is 4.90 Å². The van der Waals surface area contributed by atoms with Gasteiger partial charge >= 0.3 is 0 Å². The molecule has 0 aliphatic carbocycles. The number of unbranched alkanes of at least 4 members (excludes halogenated alkanes) is 1. The van der Waals surface area contributed by atoms with Crippen molar-refractivity contribution >= 4 is 17.2 Å². The SMILES string of the molecule is CCC/C=C1\C(=O)N(C)c2ccccc21. The van der Waals surface area contributed by atoms with Crippen molar-refractivity contribution in [1.82, 2.24) is 0 Å². The van der Waals surface area contributed by atoms with Crippen LogP contribution in [-0.4, -0.2) is 13.0 Å². The number of para-hydroxylation sites is 1. The molecule has 2 heteroatoms. The predicted octanol–water partition coefficient (Wildman–Crippen LogP) is 2.85. The summed E-state index contributed by atoms with van der Waals surface area (Å²) in [6.07, 6.45) is 4.08. The number of allylic oxidation sites excluding steroid dienone is 1. The second-order valence-electron chi connectivity index (χ2n) is 3.79. The Bertz CT molecular complexity index is 420. The topological polar surface area (TPSA) is 20.3 Å². The van der Waals surface area contributed by atoms with Gasteiger partial charge in [-0.2, -0.15) is 0 Å². The zero-order valence-corrected chi connectivity index (χ0v) is 9.16. The number of anilines is 1. The molecule has 78 valence electrons. The third-order valence-electron chi connectivity index (χ3n) is 2.73. The van der Waals surface area contributed by atoms with Crippen LogP contribution in [0.25, 0.3) is 5.57 Å². The highest BCUT2D eigenvalue weighted by Crippen LogP contribution is 2.35. The van der Waals surface area contributed by atoms with E-state index in [-0.39, 0.29) is 5.91 Å². The van der Waals surface area contributed by atoms with E-state index in [1.165, 1.54) is 0 Å². The molecule has 0 unspecified atom stereocenters. The van der Waals surface area contributed by atoms with Gasteiger partial charge in [0.25, 0.3) is 5.91 Å². The molecule has 0 saturated heterocycles. The second-order valence-corrected chi connectivity index (χ2v) is 3.79. The molecule has 1 aliphatic rings. The van der Waals surface area contributed by atoms with E-state index in [2.05, 4.69) is 6.92 Å². The zero-order chi connectivity index (χ0) is 10.8. The van der Waals surface area contributed by atoms with E-state index in [9.17, 15) is 4.79 Å². The number of hydrogen-bond acceptors (Lipinski definition) is 1. The van der Waals surface area contributed by atoms with Crippen LogP contribution in [-0.2, 0) is 4.79 Å². The van der Waals surface area contributed by atoms with Crippen molar-refractivity contribution in [3.8, 4) is 0 Å². The molecule has 2 nitrogen and oxygen atoms in total. The quantitative estimate of drug-likeness (QED) is 0.674. The van der Waals surface area contributed by atoms with Crippen LogP contribution in [0.3, 0.4) is 0 Å². The largest absolute Gasteiger partial charge is 0.311 e. The lowest BCUT2D eigenvalue weighted by molar-refractivity contribution is -0.112. The number of carbonyl (C=O) groups excluding carboxylic acids is 1. The van der Waals surface area contributed by atoms with E-state index in [4.69, 9.17) is 0 Å². The Hall–Kier alpha value is -1.57. The van der Waals surface area contributed by atoms with Crippen LogP contribution in [0.2, 0.25) is 0 Å². The summed E-state index contributed by atoms with van der Waals surface area (Å²) >= 11 is 0. The number of benzene rings is 1. The maximum absolute atomic E-state index is 11.9. The molecule has 0 atom stereocenters. The molecule has 1 heterocycles. The van der Waals surface area contributed by atoms with Crippen molar-refractivity contribution in [2.45, 2.75) is 19.8 Å². The summed E-state index contributed by atoms with van der Waals surface area (Å²) < 4.78 is 0. The van der Waals surface area contributed by atoms with Gasteiger partial charge < -0.3 is 4.90 Å². The summed E-state index contributed by atoms with van der Waals surface area (Å²) in [5.41, 5.74) is 2.94. The molecule has 0 N–H and O–H groups in total. The summed E-state index contributed by atoms with van der Waals surface area (Å²) in [4.78, 5) is 13.6. The Morgan fingerprint density at radius 2 is 2.07 bits per heavy atom. The van der Waals surface area contributed by atoms with Crippen molar-refractivity contribution in [1.29, 1.82) is 0 Å². The maximum Gasteiger partial charge on any atom is 0.258 e. The zero-order valence-electron chi connectivity index (χ0n) is 9.16. The lowest BCUT2D eigenvalue weighted by Gasteiger charge is -2.07. The number of nitrogens with zero attached hydrogens (tertiary/aromatic N) is 1. The molecule has 0 radical (unpaired) electrons. The average Bonchev–Trinajstić information content (AvgIpc) is 2.51. The summed E-state index contributed by atoms with van der Waals surface area (Å²) in [5, 5.41) is 0. The van der Waals surface area contributed by atoms with Gasteiger partial charge in [-0.15, -0.1) is 0 Å². The summed E-state index contributed by atoms with van der Waals surface area (Å²) in [6, 6.07) is 7.94. The molecule has 0 aromatic heterocycles. The first-order valence-corrected chi connectivity index (χ1v) is 5.33. The summed E-state index contributed by atoms with van der Waals surface area (Å²) in [7, 11) is 1.83. The molecular weight excluding hydrogens is 186 g/mol. The molecule has 1 aromatic rings. The van der Waals surface area contributed by atoms with Gasteiger partial charge in [-0.25, -0.2) is 0 Å². The Balaban J connectivity index is 2.47.